The van der Waals surface area contributed by atoms with Crippen molar-refractivity contribution in [2.75, 3.05) is 33.5 Å². The number of esters is 1. The van der Waals surface area contributed by atoms with Crippen molar-refractivity contribution < 1.29 is 28.5 Å². The Bertz CT molecular complexity index is 1530. The highest BCUT2D eigenvalue weighted by Gasteiger charge is 2.53. The largest absolute Gasteiger partial charge is 0.465 e. The summed E-state index contributed by atoms with van der Waals surface area (Å²) in [7, 11) is 1.43. The lowest BCUT2D eigenvalue weighted by atomic mass is 9.58. The lowest BCUT2D eigenvalue weighted by Gasteiger charge is -2.49. The van der Waals surface area contributed by atoms with Crippen LogP contribution in [0.4, 0.5) is 0 Å². The van der Waals surface area contributed by atoms with Crippen LogP contribution in [0.3, 0.4) is 0 Å². The van der Waals surface area contributed by atoms with E-state index in [1.165, 1.54) is 36.6 Å². The van der Waals surface area contributed by atoms with E-state index in [1.54, 1.807) is 5.56 Å². The molecule has 4 aliphatic carbocycles. The highest BCUT2D eigenvalue weighted by Crippen LogP contribution is 2.56. The van der Waals surface area contributed by atoms with Crippen LogP contribution in [0.2, 0.25) is 0 Å². The maximum Gasteiger partial charge on any atom is 0.337 e. The highest BCUT2D eigenvalue weighted by atomic mass is 16.7. The number of fused-ring (bicyclic) bond motifs is 6. The molecule has 0 amide bonds. The molecular weight excluding hydrogens is 588 g/mol. The second kappa shape index (κ2) is 12.9. The summed E-state index contributed by atoms with van der Waals surface area (Å²) < 4.78 is 28.9. The van der Waals surface area contributed by atoms with Gasteiger partial charge in [0.1, 0.15) is 0 Å². The number of hydrogen-bond acceptors (Lipinski definition) is 6. The quantitative estimate of drug-likeness (QED) is 0.313. The van der Waals surface area contributed by atoms with Crippen LogP contribution in [-0.2, 0) is 34.5 Å². The number of rotatable bonds is 3. The van der Waals surface area contributed by atoms with Gasteiger partial charge in [-0.2, -0.15) is 0 Å². The van der Waals surface area contributed by atoms with Crippen LogP contribution >= 0.6 is 0 Å². The van der Waals surface area contributed by atoms with E-state index in [4.69, 9.17) is 23.7 Å². The molecule has 4 atom stereocenters. The maximum absolute atomic E-state index is 11.9. The molecule has 2 spiro atoms. The third-order valence-electron chi connectivity index (χ3n) is 12.7. The SMILES string of the molecule is CC[C@@]12CCC3(C[C@@H]1CC=Cc1cc(C(=O)OC)ccc12)OCCO3.CC[C@@]12CCC3(C[C@@H]1CC=Cc1cc(C)ccc12)OCCO3. The number of carbonyl (C=O) groups is 1. The normalized spacial score (nSPS) is 31.1. The average molecular weight is 641 g/mol. The van der Waals surface area contributed by atoms with Gasteiger partial charge in [-0.3, -0.25) is 0 Å². The summed E-state index contributed by atoms with van der Waals surface area (Å²) in [6, 6.07) is 13.0. The molecule has 0 radical (unpaired) electrons. The van der Waals surface area contributed by atoms with E-state index in [2.05, 4.69) is 69.3 Å². The van der Waals surface area contributed by atoms with E-state index < -0.39 is 0 Å². The second-order valence-corrected chi connectivity index (χ2v) is 14.7. The monoisotopic (exact) mass is 640 g/mol. The van der Waals surface area contributed by atoms with Crippen molar-refractivity contribution in [1.29, 1.82) is 0 Å². The summed E-state index contributed by atoms with van der Waals surface area (Å²) in [6.45, 7) is 9.77. The van der Waals surface area contributed by atoms with Crippen LogP contribution in [-0.4, -0.2) is 51.1 Å². The van der Waals surface area contributed by atoms with Gasteiger partial charge in [0, 0.05) is 25.7 Å². The second-order valence-electron chi connectivity index (χ2n) is 14.7. The predicted molar refractivity (Wildman–Crippen MR) is 184 cm³/mol. The van der Waals surface area contributed by atoms with Crippen molar-refractivity contribution in [2.45, 2.75) is 107 Å². The molecule has 252 valence electrons. The van der Waals surface area contributed by atoms with E-state index in [0.29, 0.717) is 30.6 Å². The molecule has 4 fully saturated rings. The molecule has 2 heterocycles. The molecule has 0 unspecified atom stereocenters. The molecule has 6 nitrogen and oxygen atoms in total. The Morgan fingerprint density at radius 1 is 0.723 bits per heavy atom. The van der Waals surface area contributed by atoms with Crippen LogP contribution in [0, 0.1) is 18.8 Å². The van der Waals surface area contributed by atoms with Gasteiger partial charge in [-0.25, -0.2) is 4.79 Å². The van der Waals surface area contributed by atoms with Crippen molar-refractivity contribution in [3.63, 3.8) is 0 Å². The summed E-state index contributed by atoms with van der Waals surface area (Å²) in [5.41, 5.74) is 7.85. The van der Waals surface area contributed by atoms with Gasteiger partial charge in [-0.05, 0) is 103 Å². The van der Waals surface area contributed by atoms with E-state index in [1.807, 2.05) is 12.1 Å². The van der Waals surface area contributed by atoms with Gasteiger partial charge in [0.05, 0.1) is 39.1 Å². The number of hydrogen-bond donors (Lipinski definition) is 0. The van der Waals surface area contributed by atoms with Gasteiger partial charge in [-0.15, -0.1) is 0 Å². The molecule has 6 heteroatoms. The van der Waals surface area contributed by atoms with Crippen molar-refractivity contribution in [1.82, 2.24) is 0 Å². The van der Waals surface area contributed by atoms with Gasteiger partial charge in [-0.1, -0.05) is 68.0 Å². The number of benzene rings is 2. The van der Waals surface area contributed by atoms with Crippen LogP contribution in [0.25, 0.3) is 12.2 Å². The van der Waals surface area contributed by atoms with E-state index >= 15 is 0 Å². The standard InChI is InChI=1S/C21H26O4.C20H26O2/c1-3-20-9-10-21(24-11-12-25-21)14-17(20)6-4-5-15-13-16(19(22)23-2)7-8-18(15)20;1-3-19-9-10-20(21-11-12-22-20)14-17(19)6-4-5-16-13-15(2)7-8-18(16)19/h4-5,7-8,13,17H,3,6,9-12,14H2,1-2H3;4-5,7-8,13,17H,3,6,9-12,14H2,1-2H3/t17-,20+;17-,19+/m00/s1. The number of methoxy groups -OCH3 is 1. The first-order chi connectivity index (χ1) is 22.8. The topological polar surface area (TPSA) is 63.2 Å². The van der Waals surface area contributed by atoms with Crippen molar-refractivity contribution in [2.24, 2.45) is 11.8 Å². The summed E-state index contributed by atoms with van der Waals surface area (Å²) >= 11 is 0. The molecule has 2 saturated carbocycles. The number of allylic oxidation sites excluding steroid dienone is 2. The maximum atomic E-state index is 11.9. The average Bonchev–Trinajstić information content (AvgIpc) is 3.68. The number of aryl methyl sites for hydroxylation is 1. The minimum Gasteiger partial charge on any atom is -0.465 e. The first-order valence-electron chi connectivity index (χ1n) is 18.0. The Kier molecular flexibility index (Phi) is 9.01. The lowest BCUT2D eigenvalue weighted by molar-refractivity contribution is -0.199. The van der Waals surface area contributed by atoms with Gasteiger partial charge in [0.25, 0.3) is 0 Å². The van der Waals surface area contributed by atoms with Crippen LogP contribution < -0.4 is 0 Å². The van der Waals surface area contributed by atoms with Gasteiger partial charge in [0.15, 0.2) is 11.6 Å². The van der Waals surface area contributed by atoms with E-state index in [0.717, 1.165) is 70.1 Å². The fourth-order valence-corrected chi connectivity index (χ4v) is 10.1. The molecule has 6 aliphatic rings. The minimum atomic E-state index is -0.367. The van der Waals surface area contributed by atoms with E-state index in [-0.39, 0.29) is 28.4 Å². The Morgan fingerprint density at radius 3 is 1.70 bits per heavy atom. The highest BCUT2D eigenvalue weighted by molar-refractivity contribution is 5.90. The summed E-state index contributed by atoms with van der Waals surface area (Å²) in [5.74, 6) is 0.174. The molecule has 0 aromatic heterocycles. The Balaban J connectivity index is 0.000000151. The van der Waals surface area contributed by atoms with Crippen molar-refractivity contribution in [3.05, 3.63) is 81.9 Å². The predicted octanol–water partition coefficient (Wildman–Crippen LogP) is 8.68. The lowest BCUT2D eigenvalue weighted by Crippen LogP contribution is -2.48. The first-order valence-corrected chi connectivity index (χ1v) is 18.0. The van der Waals surface area contributed by atoms with Gasteiger partial charge in [0.2, 0.25) is 0 Å². The summed E-state index contributed by atoms with van der Waals surface area (Å²) in [6.07, 6.45) is 19.7. The van der Waals surface area contributed by atoms with Crippen LogP contribution in [0.15, 0.2) is 48.6 Å². The molecule has 0 bridgehead atoms. The van der Waals surface area contributed by atoms with E-state index in [9.17, 15) is 4.79 Å². The Morgan fingerprint density at radius 2 is 1.21 bits per heavy atom. The molecular formula is C41H52O6. The number of carbonyl (C=O) groups excluding carboxylic acids is 1. The molecule has 2 aliphatic heterocycles. The summed E-state index contributed by atoms with van der Waals surface area (Å²) in [5, 5.41) is 0. The Hall–Kier alpha value is -2.77. The smallest absolute Gasteiger partial charge is 0.337 e. The van der Waals surface area contributed by atoms with Crippen LogP contribution in [0.5, 0.6) is 0 Å². The number of ether oxygens (including phenoxy) is 5. The zero-order chi connectivity index (χ0) is 32.7. The fraction of sp³-hybridized carbons (Fsp3) is 0.585. The zero-order valence-corrected chi connectivity index (χ0v) is 28.8. The summed E-state index contributed by atoms with van der Waals surface area (Å²) in [4.78, 5) is 11.9. The van der Waals surface area contributed by atoms with Crippen LogP contribution in [0.1, 0.15) is 116 Å². The first kappa shape index (κ1) is 32.8. The van der Waals surface area contributed by atoms with Crippen molar-refractivity contribution in [3.8, 4) is 0 Å². The molecule has 0 N–H and O–H groups in total. The minimum absolute atomic E-state index is 0.119. The van der Waals surface area contributed by atoms with Crippen molar-refractivity contribution >= 4 is 18.1 Å². The molecule has 2 aromatic carbocycles. The Labute approximate surface area is 280 Å². The van der Waals surface area contributed by atoms with Gasteiger partial charge >= 0.3 is 5.97 Å². The molecule has 2 saturated heterocycles. The third-order valence-corrected chi connectivity index (χ3v) is 12.7. The zero-order valence-electron chi connectivity index (χ0n) is 28.8. The van der Waals surface area contributed by atoms with Gasteiger partial charge < -0.3 is 23.7 Å². The molecule has 8 rings (SSSR count). The fourth-order valence-electron chi connectivity index (χ4n) is 10.1. The molecule has 47 heavy (non-hydrogen) atoms. The third kappa shape index (κ3) is 5.73. The molecule has 2 aromatic rings.